The van der Waals surface area contributed by atoms with Crippen molar-refractivity contribution < 1.29 is 5.11 Å². The largest absolute Gasteiger partial charge is 0.393 e. The normalized spacial score (nSPS) is 13.9. The summed E-state index contributed by atoms with van der Waals surface area (Å²) in [5.41, 5.74) is 5.34. The van der Waals surface area contributed by atoms with Crippen molar-refractivity contribution in [2.75, 3.05) is 0 Å². The van der Waals surface area contributed by atoms with Gasteiger partial charge in [0.25, 0.3) is 0 Å². The molecular formula is C20H26O. The smallest absolute Gasteiger partial charge is 0.0517 e. The molecule has 0 spiro atoms. The highest BCUT2D eigenvalue weighted by atomic mass is 16.3. The average molecular weight is 282 g/mol. The van der Waals surface area contributed by atoms with Gasteiger partial charge >= 0.3 is 0 Å². The maximum absolute atomic E-state index is 9.79. The van der Waals surface area contributed by atoms with Crippen LogP contribution in [0.4, 0.5) is 0 Å². The Hall–Kier alpha value is -1.60. The van der Waals surface area contributed by atoms with E-state index in [0.717, 1.165) is 19.3 Å². The lowest BCUT2D eigenvalue weighted by molar-refractivity contribution is 0.172. The zero-order valence-corrected chi connectivity index (χ0v) is 13.3. The molecule has 2 unspecified atom stereocenters. The number of aryl methyl sites for hydroxylation is 3. The van der Waals surface area contributed by atoms with Crippen LogP contribution in [0.1, 0.15) is 47.9 Å². The van der Waals surface area contributed by atoms with Crippen LogP contribution in [0.25, 0.3) is 0 Å². The predicted octanol–water partition coefficient (Wildman–Crippen LogP) is 4.79. The van der Waals surface area contributed by atoms with E-state index in [4.69, 9.17) is 0 Å². The third-order valence-corrected chi connectivity index (χ3v) is 4.00. The molecule has 0 fully saturated rings. The molecule has 0 saturated heterocycles. The third kappa shape index (κ3) is 5.02. The first-order chi connectivity index (χ1) is 10.0. The Morgan fingerprint density at radius 2 is 1.62 bits per heavy atom. The van der Waals surface area contributed by atoms with E-state index in [1.807, 2.05) is 6.92 Å². The van der Waals surface area contributed by atoms with E-state index >= 15 is 0 Å². The van der Waals surface area contributed by atoms with Crippen molar-refractivity contribution in [2.45, 2.75) is 52.1 Å². The molecule has 2 aromatic carbocycles. The number of hydrogen-bond donors (Lipinski definition) is 1. The van der Waals surface area contributed by atoms with Gasteiger partial charge in [0, 0.05) is 0 Å². The van der Waals surface area contributed by atoms with E-state index in [9.17, 15) is 5.11 Å². The van der Waals surface area contributed by atoms with Crippen molar-refractivity contribution in [1.82, 2.24) is 0 Å². The van der Waals surface area contributed by atoms with Crippen LogP contribution < -0.4 is 0 Å². The molecule has 0 heterocycles. The van der Waals surface area contributed by atoms with Crippen molar-refractivity contribution >= 4 is 0 Å². The van der Waals surface area contributed by atoms with Gasteiger partial charge in [-0.3, -0.25) is 0 Å². The third-order valence-electron chi connectivity index (χ3n) is 4.00. The molecule has 1 nitrogen and oxygen atoms in total. The first kappa shape index (κ1) is 15.8. The van der Waals surface area contributed by atoms with Crippen molar-refractivity contribution in [3.05, 3.63) is 70.8 Å². The van der Waals surface area contributed by atoms with E-state index in [1.165, 1.54) is 22.3 Å². The molecule has 0 amide bonds. The molecule has 0 radical (unpaired) electrons. The fraction of sp³-hybridized carbons (Fsp3) is 0.400. The van der Waals surface area contributed by atoms with Crippen LogP contribution in [0.15, 0.2) is 48.5 Å². The van der Waals surface area contributed by atoms with Gasteiger partial charge in [0.1, 0.15) is 0 Å². The average Bonchev–Trinajstić information content (AvgIpc) is 2.43. The fourth-order valence-corrected chi connectivity index (χ4v) is 2.96. The summed E-state index contributed by atoms with van der Waals surface area (Å²) in [4.78, 5) is 0. The van der Waals surface area contributed by atoms with Crippen LogP contribution in [0.2, 0.25) is 0 Å². The second-order valence-corrected chi connectivity index (χ2v) is 6.22. The van der Waals surface area contributed by atoms with E-state index in [-0.39, 0.29) is 6.10 Å². The summed E-state index contributed by atoms with van der Waals surface area (Å²) in [5, 5.41) is 9.79. The van der Waals surface area contributed by atoms with Gasteiger partial charge in [0.15, 0.2) is 0 Å². The maximum atomic E-state index is 9.79. The summed E-state index contributed by atoms with van der Waals surface area (Å²) in [6.07, 6.45) is 2.72. The van der Waals surface area contributed by atoms with Crippen LogP contribution in [-0.2, 0) is 6.42 Å². The van der Waals surface area contributed by atoms with Crippen LogP contribution in [-0.4, -0.2) is 11.2 Å². The molecule has 1 heteroatoms. The summed E-state index contributed by atoms with van der Waals surface area (Å²) in [5.74, 6) is 0.422. The highest BCUT2D eigenvalue weighted by Crippen LogP contribution is 2.27. The SMILES string of the molecule is Cc1cccc(CCC(CC(C)O)c2cccc(C)c2)c1. The maximum Gasteiger partial charge on any atom is 0.0517 e. The number of benzene rings is 2. The van der Waals surface area contributed by atoms with Crippen LogP contribution in [0.5, 0.6) is 0 Å². The second-order valence-electron chi connectivity index (χ2n) is 6.22. The second kappa shape index (κ2) is 7.42. The first-order valence-corrected chi connectivity index (χ1v) is 7.85. The Kier molecular flexibility index (Phi) is 5.58. The van der Waals surface area contributed by atoms with Gasteiger partial charge in [0.05, 0.1) is 6.10 Å². The molecule has 2 atom stereocenters. The summed E-state index contributed by atoms with van der Waals surface area (Å²) in [6, 6.07) is 17.4. The number of aliphatic hydroxyl groups excluding tert-OH is 1. The zero-order chi connectivity index (χ0) is 15.2. The van der Waals surface area contributed by atoms with Gasteiger partial charge in [-0.15, -0.1) is 0 Å². The van der Waals surface area contributed by atoms with Crippen molar-refractivity contribution in [2.24, 2.45) is 0 Å². The van der Waals surface area contributed by atoms with Gasteiger partial charge in [-0.05, 0) is 57.1 Å². The molecule has 1 N–H and O–H groups in total. The van der Waals surface area contributed by atoms with E-state index in [2.05, 4.69) is 62.4 Å². The standard InChI is InChI=1S/C20H26O/c1-15-6-4-8-18(12-15)10-11-20(14-17(3)21)19-9-5-7-16(2)13-19/h4-9,12-13,17,20-21H,10-11,14H2,1-3H3. The lowest BCUT2D eigenvalue weighted by Crippen LogP contribution is -2.10. The van der Waals surface area contributed by atoms with Gasteiger partial charge in [-0.25, -0.2) is 0 Å². The fourth-order valence-electron chi connectivity index (χ4n) is 2.96. The predicted molar refractivity (Wildman–Crippen MR) is 89.7 cm³/mol. The molecule has 0 aliphatic rings. The Balaban J connectivity index is 2.09. The molecule has 0 aliphatic heterocycles. The zero-order valence-electron chi connectivity index (χ0n) is 13.3. The van der Waals surface area contributed by atoms with Gasteiger partial charge in [-0.2, -0.15) is 0 Å². The molecule has 0 aromatic heterocycles. The molecule has 0 saturated carbocycles. The van der Waals surface area contributed by atoms with E-state index in [1.54, 1.807) is 0 Å². The van der Waals surface area contributed by atoms with Crippen LogP contribution in [0.3, 0.4) is 0 Å². The van der Waals surface area contributed by atoms with E-state index in [0.29, 0.717) is 5.92 Å². The molecule has 21 heavy (non-hydrogen) atoms. The van der Waals surface area contributed by atoms with Gasteiger partial charge < -0.3 is 5.11 Å². The van der Waals surface area contributed by atoms with Crippen LogP contribution in [0, 0.1) is 13.8 Å². The summed E-state index contributed by atoms with van der Waals surface area (Å²) in [7, 11) is 0. The molecule has 2 aromatic rings. The van der Waals surface area contributed by atoms with Gasteiger partial charge in [0.2, 0.25) is 0 Å². The molecule has 2 rings (SSSR count). The summed E-state index contributed by atoms with van der Waals surface area (Å²) >= 11 is 0. The topological polar surface area (TPSA) is 20.2 Å². The van der Waals surface area contributed by atoms with Crippen LogP contribution >= 0.6 is 0 Å². The summed E-state index contributed by atoms with van der Waals surface area (Å²) < 4.78 is 0. The Bertz CT molecular complexity index is 572. The Labute approximate surface area is 128 Å². The number of rotatable bonds is 6. The minimum Gasteiger partial charge on any atom is -0.393 e. The highest BCUT2D eigenvalue weighted by molar-refractivity contribution is 5.27. The molecule has 0 bridgehead atoms. The number of hydrogen-bond acceptors (Lipinski definition) is 1. The van der Waals surface area contributed by atoms with Crippen molar-refractivity contribution in [1.29, 1.82) is 0 Å². The lowest BCUT2D eigenvalue weighted by atomic mass is 9.87. The Morgan fingerprint density at radius 3 is 2.24 bits per heavy atom. The molecular weight excluding hydrogens is 256 g/mol. The number of aliphatic hydroxyl groups is 1. The minimum absolute atomic E-state index is 0.256. The molecule has 0 aliphatic carbocycles. The van der Waals surface area contributed by atoms with Gasteiger partial charge in [-0.1, -0.05) is 59.7 Å². The quantitative estimate of drug-likeness (QED) is 0.807. The first-order valence-electron chi connectivity index (χ1n) is 7.85. The monoisotopic (exact) mass is 282 g/mol. The van der Waals surface area contributed by atoms with Crippen molar-refractivity contribution in [3.63, 3.8) is 0 Å². The minimum atomic E-state index is -0.256. The Morgan fingerprint density at radius 1 is 0.952 bits per heavy atom. The van der Waals surface area contributed by atoms with Crippen molar-refractivity contribution in [3.8, 4) is 0 Å². The lowest BCUT2D eigenvalue weighted by Gasteiger charge is -2.19. The molecule has 112 valence electrons. The highest BCUT2D eigenvalue weighted by Gasteiger charge is 2.14. The summed E-state index contributed by atoms with van der Waals surface area (Å²) in [6.45, 7) is 6.15. The van der Waals surface area contributed by atoms with E-state index < -0.39 is 0 Å².